The zero-order chi connectivity index (χ0) is 12.7. The van der Waals surface area contributed by atoms with E-state index in [1.54, 1.807) is 6.92 Å². The fourth-order valence-corrected chi connectivity index (χ4v) is 1.15. The molecule has 0 radical (unpaired) electrons. The molecule has 0 saturated heterocycles. The molecule has 0 aromatic heterocycles. The lowest BCUT2D eigenvalue weighted by molar-refractivity contribution is -0.123. The molecular formula is C12H16FNO3. The smallest absolute Gasteiger partial charge is 0.257 e. The number of benzene rings is 1. The molecule has 0 aliphatic carbocycles. The molecule has 0 saturated carbocycles. The summed E-state index contributed by atoms with van der Waals surface area (Å²) in [6.45, 7) is 1.94. The topological polar surface area (TPSA) is 58.6 Å². The van der Waals surface area contributed by atoms with E-state index in [0.717, 1.165) is 0 Å². The fraction of sp³-hybridized carbons (Fsp3) is 0.417. The van der Waals surface area contributed by atoms with Crippen molar-refractivity contribution in [3.63, 3.8) is 0 Å². The highest BCUT2D eigenvalue weighted by atomic mass is 19.1. The first-order valence-electron chi connectivity index (χ1n) is 5.41. The maximum atomic E-state index is 12.6. The average molecular weight is 241 g/mol. The fourth-order valence-electron chi connectivity index (χ4n) is 1.15. The van der Waals surface area contributed by atoms with Crippen LogP contribution in [-0.4, -0.2) is 30.3 Å². The van der Waals surface area contributed by atoms with Gasteiger partial charge >= 0.3 is 0 Å². The second-order valence-corrected chi connectivity index (χ2v) is 3.73. The number of halogens is 1. The molecule has 1 unspecified atom stereocenters. The van der Waals surface area contributed by atoms with Crippen molar-refractivity contribution in [2.75, 3.05) is 13.2 Å². The molecule has 0 heterocycles. The second kappa shape index (κ2) is 6.85. The molecule has 17 heavy (non-hydrogen) atoms. The molecule has 0 fully saturated rings. The Hall–Kier alpha value is -1.62. The van der Waals surface area contributed by atoms with Crippen LogP contribution in [0.3, 0.4) is 0 Å². The van der Waals surface area contributed by atoms with Crippen molar-refractivity contribution in [3.8, 4) is 5.75 Å². The summed E-state index contributed by atoms with van der Waals surface area (Å²) in [6, 6.07) is 5.44. The number of aliphatic hydroxyl groups is 1. The number of carbonyl (C=O) groups is 1. The van der Waals surface area contributed by atoms with Gasteiger partial charge in [0, 0.05) is 6.54 Å². The summed E-state index contributed by atoms with van der Waals surface area (Å²) in [6.07, 6.45) is 0.0655. The van der Waals surface area contributed by atoms with Crippen LogP contribution in [0.15, 0.2) is 24.3 Å². The normalized spacial score (nSPS) is 11.9. The predicted octanol–water partition coefficient (Wildman–Crippen LogP) is 1.09. The van der Waals surface area contributed by atoms with Crippen LogP contribution in [0.1, 0.15) is 13.3 Å². The Morgan fingerprint density at radius 1 is 1.47 bits per heavy atom. The van der Waals surface area contributed by atoms with E-state index >= 15 is 0 Å². The molecule has 1 amide bonds. The highest BCUT2D eigenvalue weighted by Crippen LogP contribution is 2.10. The molecule has 1 aromatic rings. The van der Waals surface area contributed by atoms with E-state index in [1.165, 1.54) is 24.3 Å². The van der Waals surface area contributed by atoms with Gasteiger partial charge in [0.15, 0.2) is 6.61 Å². The standard InChI is InChI=1S/C12H16FNO3/c1-9(15)6-7-14-12(16)8-17-11-4-2-10(13)3-5-11/h2-5,9,15H,6-8H2,1H3,(H,14,16). The number of ether oxygens (including phenoxy) is 1. The van der Waals surface area contributed by atoms with Gasteiger partial charge in [-0.3, -0.25) is 4.79 Å². The Labute approximate surface area is 99.4 Å². The van der Waals surface area contributed by atoms with Crippen LogP contribution in [-0.2, 0) is 4.79 Å². The van der Waals surface area contributed by atoms with E-state index in [9.17, 15) is 9.18 Å². The van der Waals surface area contributed by atoms with Gasteiger partial charge in [0.1, 0.15) is 11.6 Å². The van der Waals surface area contributed by atoms with Crippen LogP contribution < -0.4 is 10.1 Å². The maximum Gasteiger partial charge on any atom is 0.257 e. The van der Waals surface area contributed by atoms with Crippen molar-refractivity contribution in [2.24, 2.45) is 0 Å². The maximum absolute atomic E-state index is 12.6. The van der Waals surface area contributed by atoms with E-state index in [1.807, 2.05) is 0 Å². The Kier molecular flexibility index (Phi) is 5.42. The molecule has 2 N–H and O–H groups in total. The molecule has 1 rings (SSSR count). The molecule has 0 aliphatic rings. The summed E-state index contributed by atoms with van der Waals surface area (Å²) in [5, 5.41) is 11.6. The van der Waals surface area contributed by atoms with E-state index in [-0.39, 0.29) is 18.3 Å². The third-order valence-corrected chi connectivity index (χ3v) is 2.07. The van der Waals surface area contributed by atoms with Gasteiger partial charge in [-0.05, 0) is 37.6 Å². The third-order valence-electron chi connectivity index (χ3n) is 2.07. The van der Waals surface area contributed by atoms with Crippen molar-refractivity contribution in [1.82, 2.24) is 5.32 Å². The minimum atomic E-state index is -0.437. The number of amides is 1. The van der Waals surface area contributed by atoms with Crippen LogP contribution >= 0.6 is 0 Å². The summed E-state index contributed by atoms with van der Waals surface area (Å²) in [7, 11) is 0. The minimum absolute atomic E-state index is 0.120. The van der Waals surface area contributed by atoms with Gasteiger partial charge in [0.2, 0.25) is 0 Å². The number of nitrogens with one attached hydrogen (secondary N) is 1. The van der Waals surface area contributed by atoms with Crippen molar-refractivity contribution in [3.05, 3.63) is 30.1 Å². The average Bonchev–Trinajstić information content (AvgIpc) is 2.28. The molecule has 4 nitrogen and oxygen atoms in total. The highest BCUT2D eigenvalue weighted by Gasteiger charge is 2.03. The summed E-state index contributed by atoms with van der Waals surface area (Å²) in [4.78, 5) is 11.3. The van der Waals surface area contributed by atoms with Crippen molar-refractivity contribution in [1.29, 1.82) is 0 Å². The summed E-state index contributed by atoms with van der Waals surface area (Å²) >= 11 is 0. The third kappa shape index (κ3) is 5.87. The van der Waals surface area contributed by atoms with E-state index in [4.69, 9.17) is 9.84 Å². The number of hydrogen-bond donors (Lipinski definition) is 2. The molecule has 94 valence electrons. The van der Waals surface area contributed by atoms with Gasteiger partial charge in [-0.1, -0.05) is 0 Å². The predicted molar refractivity (Wildman–Crippen MR) is 61.2 cm³/mol. The van der Waals surface area contributed by atoms with Crippen molar-refractivity contribution < 1.29 is 19.0 Å². The number of aliphatic hydroxyl groups excluding tert-OH is 1. The summed E-state index contributed by atoms with van der Waals surface area (Å²) < 4.78 is 17.7. The lowest BCUT2D eigenvalue weighted by atomic mass is 10.3. The van der Waals surface area contributed by atoms with E-state index in [0.29, 0.717) is 18.7 Å². The first-order valence-corrected chi connectivity index (χ1v) is 5.41. The molecule has 0 bridgehead atoms. The number of hydrogen-bond acceptors (Lipinski definition) is 3. The lowest BCUT2D eigenvalue weighted by Crippen LogP contribution is -2.31. The van der Waals surface area contributed by atoms with E-state index in [2.05, 4.69) is 5.32 Å². The molecule has 0 spiro atoms. The van der Waals surface area contributed by atoms with E-state index < -0.39 is 6.10 Å². The Morgan fingerprint density at radius 2 is 2.12 bits per heavy atom. The van der Waals surface area contributed by atoms with Crippen molar-refractivity contribution >= 4 is 5.91 Å². The summed E-state index contributed by atoms with van der Waals surface area (Å²) in [5.74, 6) is -0.175. The molecule has 0 aliphatic heterocycles. The van der Waals surface area contributed by atoms with Gasteiger partial charge < -0.3 is 15.2 Å². The molecule has 1 aromatic carbocycles. The minimum Gasteiger partial charge on any atom is -0.484 e. The Morgan fingerprint density at radius 3 is 2.71 bits per heavy atom. The van der Waals surface area contributed by atoms with Gasteiger partial charge in [-0.15, -0.1) is 0 Å². The SMILES string of the molecule is CC(O)CCNC(=O)COc1ccc(F)cc1. The van der Waals surface area contributed by atoms with Gasteiger partial charge in [0.05, 0.1) is 6.10 Å². The first kappa shape index (κ1) is 13.4. The van der Waals surface area contributed by atoms with Crippen LogP contribution in [0.4, 0.5) is 4.39 Å². The highest BCUT2D eigenvalue weighted by molar-refractivity contribution is 5.77. The first-order chi connectivity index (χ1) is 8.08. The van der Waals surface area contributed by atoms with Crippen LogP contribution in [0, 0.1) is 5.82 Å². The van der Waals surface area contributed by atoms with Gasteiger partial charge in [-0.25, -0.2) is 4.39 Å². The lowest BCUT2D eigenvalue weighted by Gasteiger charge is -2.08. The number of rotatable bonds is 6. The number of carbonyl (C=O) groups excluding carboxylic acids is 1. The van der Waals surface area contributed by atoms with Crippen LogP contribution in [0.5, 0.6) is 5.75 Å². The Bertz CT molecular complexity index is 351. The second-order valence-electron chi connectivity index (χ2n) is 3.73. The van der Waals surface area contributed by atoms with Gasteiger partial charge in [0.25, 0.3) is 5.91 Å². The quantitative estimate of drug-likeness (QED) is 0.784. The largest absolute Gasteiger partial charge is 0.484 e. The zero-order valence-electron chi connectivity index (χ0n) is 9.65. The van der Waals surface area contributed by atoms with Gasteiger partial charge in [-0.2, -0.15) is 0 Å². The molecular weight excluding hydrogens is 225 g/mol. The molecule has 5 heteroatoms. The summed E-state index contributed by atoms with van der Waals surface area (Å²) in [5.41, 5.74) is 0. The Balaban J connectivity index is 2.21. The van der Waals surface area contributed by atoms with Crippen LogP contribution in [0.2, 0.25) is 0 Å². The molecule has 1 atom stereocenters. The monoisotopic (exact) mass is 241 g/mol. The van der Waals surface area contributed by atoms with Crippen LogP contribution in [0.25, 0.3) is 0 Å². The van der Waals surface area contributed by atoms with Crippen molar-refractivity contribution in [2.45, 2.75) is 19.4 Å². The zero-order valence-corrected chi connectivity index (χ0v) is 9.65.